The van der Waals surface area contributed by atoms with Gasteiger partial charge in [0.25, 0.3) is 0 Å². The average Bonchev–Trinajstić information content (AvgIpc) is 1.77. The minimum absolute atomic E-state index is 0.186. The molecule has 1 aliphatic heterocycles. The van der Waals surface area contributed by atoms with Gasteiger partial charge in [0, 0.05) is 4.50 Å². The van der Waals surface area contributed by atoms with Crippen molar-refractivity contribution in [3.8, 4) is 0 Å². The van der Waals surface area contributed by atoms with E-state index in [0.29, 0.717) is 0 Å². The molecule has 1 atom stereocenters. The molecule has 1 saturated heterocycles. The molecule has 0 spiro atoms. The third-order valence-electron chi connectivity index (χ3n) is 3.11. The van der Waals surface area contributed by atoms with Gasteiger partial charge in [-0.15, -0.1) is 11.6 Å². The predicted octanol–water partition coefficient (Wildman–Crippen LogP) is 3.42. The second kappa shape index (κ2) is 2.52. The van der Waals surface area contributed by atoms with Gasteiger partial charge in [-0.1, -0.05) is 32.0 Å². The summed E-state index contributed by atoms with van der Waals surface area (Å²) in [5.74, 6) is 0. The smallest absolute Gasteiger partial charge is 0.0714 e. The summed E-state index contributed by atoms with van der Waals surface area (Å²) in [6.45, 7) is 7.07. The molecule has 1 rings (SSSR count). The third-order valence-corrected chi connectivity index (χ3v) is 9.51. The Kier molecular flexibility index (Phi) is 2.17. The molecule has 60 valence electrons. The maximum absolute atomic E-state index is 6.43. The highest BCUT2D eigenvalue weighted by molar-refractivity contribution is 6.87. The molecule has 0 radical (unpaired) electrons. The summed E-state index contributed by atoms with van der Waals surface area (Å²) in [4.78, 5) is 0. The van der Waals surface area contributed by atoms with Crippen LogP contribution in [0.3, 0.4) is 0 Å². The van der Waals surface area contributed by atoms with Crippen LogP contribution in [0.2, 0.25) is 19.1 Å². The number of hydrogen-bond donors (Lipinski definition) is 0. The summed E-state index contributed by atoms with van der Waals surface area (Å²) < 4.78 is 0.186. The number of halogens is 1. The SMILES string of the molecule is CC1(Cl)CCCC[Si]1(C)C. The Morgan fingerprint density at radius 3 is 2.20 bits per heavy atom. The van der Waals surface area contributed by atoms with E-state index in [-0.39, 0.29) is 4.50 Å². The maximum Gasteiger partial charge on any atom is 0.0714 e. The van der Waals surface area contributed by atoms with Gasteiger partial charge in [0.2, 0.25) is 0 Å². The van der Waals surface area contributed by atoms with Gasteiger partial charge in [0.05, 0.1) is 8.07 Å². The Balaban J connectivity index is 2.70. The number of rotatable bonds is 0. The first kappa shape index (κ1) is 8.60. The first-order valence-electron chi connectivity index (χ1n) is 4.15. The van der Waals surface area contributed by atoms with Gasteiger partial charge in [-0.25, -0.2) is 0 Å². The monoisotopic (exact) mass is 176 g/mol. The zero-order valence-electron chi connectivity index (χ0n) is 7.21. The topological polar surface area (TPSA) is 0 Å². The second-order valence-electron chi connectivity index (χ2n) is 4.29. The van der Waals surface area contributed by atoms with E-state index in [1.54, 1.807) is 0 Å². The minimum atomic E-state index is -1.05. The van der Waals surface area contributed by atoms with Gasteiger partial charge >= 0.3 is 0 Å². The Morgan fingerprint density at radius 2 is 1.90 bits per heavy atom. The van der Waals surface area contributed by atoms with Crippen molar-refractivity contribution in [2.75, 3.05) is 0 Å². The predicted molar refractivity (Wildman–Crippen MR) is 50.4 cm³/mol. The molecule has 10 heavy (non-hydrogen) atoms. The molecular formula is C8H17ClSi. The Labute approximate surface area is 70.0 Å². The van der Waals surface area contributed by atoms with Crippen LogP contribution in [0, 0.1) is 0 Å². The Hall–Kier alpha value is 0.507. The van der Waals surface area contributed by atoms with Gasteiger partial charge in [0.1, 0.15) is 0 Å². The van der Waals surface area contributed by atoms with E-state index in [0.717, 1.165) is 0 Å². The van der Waals surface area contributed by atoms with Crippen molar-refractivity contribution in [3.05, 3.63) is 0 Å². The summed E-state index contributed by atoms with van der Waals surface area (Å²) in [5.41, 5.74) is 0. The molecule has 0 aromatic carbocycles. The van der Waals surface area contributed by atoms with Gasteiger partial charge < -0.3 is 0 Å². The maximum atomic E-state index is 6.43. The third kappa shape index (κ3) is 1.40. The molecule has 1 heterocycles. The molecule has 0 N–H and O–H groups in total. The number of alkyl halides is 1. The van der Waals surface area contributed by atoms with Crippen molar-refractivity contribution in [1.29, 1.82) is 0 Å². The molecule has 1 fully saturated rings. The first-order chi connectivity index (χ1) is 4.46. The van der Waals surface area contributed by atoms with E-state index in [1.807, 2.05) is 0 Å². The highest BCUT2D eigenvalue weighted by Crippen LogP contribution is 2.40. The Morgan fingerprint density at radius 1 is 1.30 bits per heavy atom. The highest BCUT2D eigenvalue weighted by Gasteiger charge is 2.42. The van der Waals surface area contributed by atoms with Crippen LogP contribution in [-0.4, -0.2) is 12.6 Å². The van der Waals surface area contributed by atoms with E-state index in [4.69, 9.17) is 11.6 Å². The van der Waals surface area contributed by atoms with Crippen molar-refractivity contribution < 1.29 is 0 Å². The van der Waals surface area contributed by atoms with Crippen molar-refractivity contribution in [2.45, 2.75) is 49.8 Å². The fourth-order valence-corrected chi connectivity index (χ4v) is 4.55. The summed E-state index contributed by atoms with van der Waals surface area (Å²) in [5, 5.41) is 0. The van der Waals surface area contributed by atoms with Crippen LogP contribution in [0.15, 0.2) is 0 Å². The Bertz CT molecular complexity index is 113. The lowest BCUT2D eigenvalue weighted by Crippen LogP contribution is -2.50. The molecule has 0 amide bonds. The molecule has 0 nitrogen and oxygen atoms in total. The fraction of sp³-hybridized carbons (Fsp3) is 1.00. The van der Waals surface area contributed by atoms with Crippen molar-refractivity contribution in [2.24, 2.45) is 0 Å². The summed E-state index contributed by atoms with van der Waals surface area (Å²) >= 11 is 6.43. The standard InChI is InChI=1S/C8H17ClSi/c1-8(9)6-4-5-7-10(8,2)3/h4-7H2,1-3H3. The van der Waals surface area contributed by atoms with E-state index in [9.17, 15) is 0 Å². The molecule has 0 bridgehead atoms. The summed E-state index contributed by atoms with van der Waals surface area (Å²) in [7, 11) is -1.05. The van der Waals surface area contributed by atoms with Crippen molar-refractivity contribution in [3.63, 3.8) is 0 Å². The van der Waals surface area contributed by atoms with Crippen LogP contribution in [0.1, 0.15) is 26.2 Å². The normalized spacial score (nSPS) is 39.6. The molecule has 0 aromatic heterocycles. The van der Waals surface area contributed by atoms with Crippen LogP contribution >= 0.6 is 11.6 Å². The van der Waals surface area contributed by atoms with Crippen LogP contribution in [-0.2, 0) is 0 Å². The molecule has 1 unspecified atom stereocenters. The highest BCUT2D eigenvalue weighted by atomic mass is 35.5. The molecule has 0 saturated carbocycles. The van der Waals surface area contributed by atoms with Crippen LogP contribution in [0.4, 0.5) is 0 Å². The quantitative estimate of drug-likeness (QED) is 0.392. The summed E-state index contributed by atoms with van der Waals surface area (Å²) in [6, 6.07) is 1.42. The lowest BCUT2D eigenvalue weighted by Gasteiger charge is -2.41. The van der Waals surface area contributed by atoms with E-state index < -0.39 is 8.07 Å². The zero-order valence-corrected chi connectivity index (χ0v) is 8.96. The van der Waals surface area contributed by atoms with E-state index in [2.05, 4.69) is 20.0 Å². The number of hydrogen-bond acceptors (Lipinski definition) is 0. The first-order valence-corrected chi connectivity index (χ1v) is 7.73. The molecule has 0 aliphatic carbocycles. The van der Waals surface area contributed by atoms with Gasteiger partial charge in [-0.2, -0.15) is 0 Å². The van der Waals surface area contributed by atoms with Crippen LogP contribution < -0.4 is 0 Å². The molecule has 0 aromatic rings. The lowest BCUT2D eigenvalue weighted by atomic mass is 10.2. The zero-order chi connectivity index (χ0) is 7.83. The van der Waals surface area contributed by atoms with Crippen LogP contribution in [0.25, 0.3) is 0 Å². The van der Waals surface area contributed by atoms with E-state index >= 15 is 0 Å². The minimum Gasteiger partial charge on any atom is -0.123 e. The van der Waals surface area contributed by atoms with Gasteiger partial charge in [-0.3, -0.25) is 0 Å². The molecule has 2 heteroatoms. The van der Waals surface area contributed by atoms with Crippen molar-refractivity contribution >= 4 is 19.7 Å². The van der Waals surface area contributed by atoms with Crippen LogP contribution in [0.5, 0.6) is 0 Å². The van der Waals surface area contributed by atoms with Gasteiger partial charge in [-0.05, 0) is 13.3 Å². The lowest BCUT2D eigenvalue weighted by molar-refractivity contribution is 0.604. The van der Waals surface area contributed by atoms with Gasteiger partial charge in [0.15, 0.2) is 0 Å². The fourth-order valence-electron chi connectivity index (χ4n) is 1.62. The largest absolute Gasteiger partial charge is 0.123 e. The molecular weight excluding hydrogens is 160 g/mol. The molecule has 1 aliphatic rings. The summed E-state index contributed by atoms with van der Waals surface area (Å²) in [6.07, 6.45) is 4.01. The average molecular weight is 177 g/mol. The van der Waals surface area contributed by atoms with Crippen molar-refractivity contribution in [1.82, 2.24) is 0 Å². The second-order valence-corrected chi connectivity index (χ2v) is 10.8. The van der Waals surface area contributed by atoms with E-state index in [1.165, 1.54) is 25.3 Å².